The molecular weight excluding hydrogens is 297 g/mol. The predicted octanol–water partition coefficient (Wildman–Crippen LogP) is 3.84. The molecule has 0 saturated heterocycles. The first-order valence-corrected chi connectivity index (χ1v) is 6.60. The monoisotopic (exact) mass is 309 g/mol. The summed E-state index contributed by atoms with van der Waals surface area (Å²) in [6, 6.07) is 10.2. The van der Waals surface area contributed by atoms with E-state index in [0.29, 0.717) is 27.0 Å². The van der Waals surface area contributed by atoms with Crippen LogP contribution in [-0.4, -0.2) is 5.91 Å². The maximum atomic E-state index is 12.2. The molecule has 2 rings (SSSR count). The van der Waals surface area contributed by atoms with Crippen LogP contribution in [0.15, 0.2) is 36.4 Å². The Morgan fingerprint density at radius 1 is 1.10 bits per heavy atom. The summed E-state index contributed by atoms with van der Waals surface area (Å²) in [5.41, 5.74) is 5.09. The van der Waals surface area contributed by atoms with Gasteiger partial charge in [-0.05, 0) is 42.8 Å². The largest absolute Gasteiger partial charge is 0.323 e. The minimum absolute atomic E-state index is 0.281. The highest BCUT2D eigenvalue weighted by atomic mass is 35.5. The summed E-state index contributed by atoms with van der Waals surface area (Å²) >= 11 is 11.7. The van der Waals surface area contributed by atoms with E-state index in [1.807, 2.05) is 13.0 Å². The maximum Gasteiger partial charge on any atom is 0.257 e. The van der Waals surface area contributed by atoms with Crippen LogP contribution < -0.4 is 16.6 Å². The SMILES string of the molecule is Cc1ccc(C(=O)Nc2ccc(Cl)c(Cl)c2)c(NN)c1. The van der Waals surface area contributed by atoms with E-state index in [9.17, 15) is 4.79 Å². The number of hydrogen-bond acceptors (Lipinski definition) is 3. The second-order valence-corrected chi connectivity index (χ2v) is 5.09. The van der Waals surface area contributed by atoms with Gasteiger partial charge in [-0.3, -0.25) is 10.6 Å². The van der Waals surface area contributed by atoms with Gasteiger partial charge in [-0.2, -0.15) is 0 Å². The van der Waals surface area contributed by atoms with E-state index in [1.165, 1.54) is 0 Å². The molecule has 20 heavy (non-hydrogen) atoms. The van der Waals surface area contributed by atoms with Gasteiger partial charge in [0.1, 0.15) is 0 Å². The van der Waals surface area contributed by atoms with Crippen LogP contribution in [0.5, 0.6) is 0 Å². The molecule has 0 bridgehead atoms. The smallest absolute Gasteiger partial charge is 0.257 e. The third-order valence-electron chi connectivity index (χ3n) is 2.75. The molecule has 0 aliphatic heterocycles. The molecule has 4 nitrogen and oxygen atoms in total. The molecule has 0 saturated carbocycles. The second kappa shape index (κ2) is 6.13. The van der Waals surface area contributed by atoms with E-state index in [2.05, 4.69) is 10.7 Å². The van der Waals surface area contributed by atoms with Crippen molar-refractivity contribution in [1.82, 2.24) is 0 Å². The summed E-state index contributed by atoms with van der Waals surface area (Å²) in [5, 5.41) is 3.56. The highest BCUT2D eigenvalue weighted by molar-refractivity contribution is 6.42. The van der Waals surface area contributed by atoms with Gasteiger partial charge >= 0.3 is 0 Å². The molecule has 104 valence electrons. The number of nitrogen functional groups attached to an aromatic ring is 1. The molecular formula is C14H13Cl2N3O. The van der Waals surface area contributed by atoms with Gasteiger partial charge in [-0.25, -0.2) is 0 Å². The van der Waals surface area contributed by atoms with E-state index in [0.717, 1.165) is 5.56 Å². The molecule has 1 amide bonds. The Balaban J connectivity index is 2.25. The first kappa shape index (κ1) is 14.7. The van der Waals surface area contributed by atoms with Crippen molar-refractivity contribution in [2.24, 2.45) is 5.84 Å². The van der Waals surface area contributed by atoms with E-state index in [-0.39, 0.29) is 5.91 Å². The van der Waals surface area contributed by atoms with E-state index >= 15 is 0 Å². The zero-order valence-corrected chi connectivity index (χ0v) is 12.2. The van der Waals surface area contributed by atoms with Gasteiger partial charge in [0.15, 0.2) is 0 Å². The lowest BCUT2D eigenvalue weighted by molar-refractivity contribution is 0.102. The number of rotatable bonds is 3. The number of hydrogen-bond donors (Lipinski definition) is 3. The lowest BCUT2D eigenvalue weighted by Gasteiger charge is -2.11. The maximum absolute atomic E-state index is 12.2. The number of amides is 1. The van der Waals surface area contributed by atoms with Gasteiger partial charge in [0, 0.05) is 5.69 Å². The average Bonchev–Trinajstić information content (AvgIpc) is 2.42. The van der Waals surface area contributed by atoms with Crippen LogP contribution in [0, 0.1) is 6.92 Å². The van der Waals surface area contributed by atoms with Crippen LogP contribution in [0.25, 0.3) is 0 Å². The Morgan fingerprint density at radius 3 is 2.50 bits per heavy atom. The normalized spacial score (nSPS) is 10.2. The molecule has 0 aliphatic carbocycles. The van der Waals surface area contributed by atoms with E-state index in [4.69, 9.17) is 29.0 Å². The molecule has 2 aromatic rings. The Bertz CT molecular complexity index is 659. The number of aryl methyl sites for hydroxylation is 1. The number of nitrogens with one attached hydrogen (secondary N) is 2. The Hall–Kier alpha value is -1.75. The highest BCUT2D eigenvalue weighted by Gasteiger charge is 2.12. The lowest BCUT2D eigenvalue weighted by Crippen LogP contribution is -2.17. The van der Waals surface area contributed by atoms with Gasteiger partial charge in [0.2, 0.25) is 0 Å². The quantitative estimate of drug-likeness (QED) is 0.596. The number of halogens is 2. The molecule has 0 radical (unpaired) electrons. The van der Waals surface area contributed by atoms with Crippen molar-refractivity contribution in [3.05, 3.63) is 57.6 Å². The van der Waals surface area contributed by atoms with Crippen molar-refractivity contribution < 1.29 is 4.79 Å². The van der Waals surface area contributed by atoms with E-state index in [1.54, 1.807) is 30.3 Å². The zero-order chi connectivity index (χ0) is 14.7. The Kier molecular flexibility index (Phi) is 4.49. The first-order valence-electron chi connectivity index (χ1n) is 5.85. The molecule has 0 aromatic heterocycles. The van der Waals surface area contributed by atoms with Crippen molar-refractivity contribution >= 4 is 40.5 Å². The fourth-order valence-corrected chi connectivity index (χ4v) is 2.05. The minimum Gasteiger partial charge on any atom is -0.323 e. The second-order valence-electron chi connectivity index (χ2n) is 4.28. The predicted molar refractivity (Wildman–Crippen MR) is 83.4 cm³/mol. The molecule has 0 unspecified atom stereocenters. The number of nitrogens with two attached hydrogens (primary N) is 1. The summed E-state index contributed by atoms with van der Waals surface area (Å²) < 4.78 is 0. The summed E-state index contributed by atoms with van der Waals surface area (Å²) in [6.07, 6.45) is 0. The lowest BCUT2D eigenvalue weighted by atomic mass is 10.1. The van der Waals surface area contributed by atoms with Gasteiger partial charge in [0.25, 0.3) is 5.91 Å². The van der Waals surface area contributed by atoms with E-state index < -0.39 is 0 Å². The van der Waals surface area contributed by atoms with Crippen LogP contribution >= 0.6 is 23.2 Å². The van der Waals surface area contributed by atoms with Crippen LogP contribution in [0.1, 0.15) is 15.9 Å². The zero-order valence-electron chi connectivity index (χ0n) is 10.7. The molecule has 0 aliphatic rings. The summed E-state index contributed by atoms with van der Waals surface area (Å²) in [6.45, 7) is 1.92. The Labute approximate surface area is 126 Å². The first-order chi connectivity index (χ1) is 9.51. The highest BCUT2D eigenvalue weighted by Crippen LogP contribution is 2.26. The van der Waals surface area contributed by atoms with Crippen LogP contribution in [-0.2, 0) is 0 Å². The van der Waals surface area contributed by atoms with Crippen LogP contribution in [0.4, 0.5) is 11.4 Å². The Morgan fingerprint density at radius 2 is 1.85 bits per heavy atom. The van der Waals surface area contributed by atoms with Crippen molar-refractivity contribution in [3.63, 3.8) is 0 Å². The number of carbonyl (C=O) groups is 1. The van der Waals surface area contributed by atoms with Crippen molar-refractivity contribution in [1.29, 1.82) is 0 Å². The number of anilines is 2. The molecule has 0 fully saturated rings. The number of benzene rings is 2. The number of carbonyl (C=O) groups excluding carboxylic acids is 1. The van der Waals surface area contributed by atoms with Gasteiger partial charge in [-0.1, -0.05) is 29.3 Å². The third kappa shape index (κ3) is 3.22. The molecule has 0 spiro atoms. The van der Waals surface area contributed by atoms with Gasteiger partial charge < -0.3 is 10.7 Å². The summed E-state index contributed by atoms with van der Waals surface area (Å²) in [4.78, 5) is 12.2. The number of hydrazine groups is 1. The van der Waals surface area contributed by atoms with Crippen LogP contribution in [0.3, 0.4) is 0 Å². The molecule has 6 heteroatoms. The van der Waals surface area contributed by atoms with Gasteiger partial charge in [0.05, 0.1) is 21.3 Å². The average molecular weight is 310 g/mol. The van der Waals surface area contributed by atoms with Crippen molar-refractivity contribution in [3.8, 4) is 0 Å². The molecule has 2 aromatic carbocycles. The van der Waals surface area contributed by atoms with Gasteiger partial charge in [-0.15, -0.1) is 0 Å². The molecule has 0 heterocycles. The summed E-state index contributed by atoms with van der Waals surface area (Å²) in [7, 11) is 0. The summed E-state index contributed by atoms with van der Waals surface area (Å²) in [5.74, 6) is 5.14. The van der Waals surface area contributed by atoms with Crippen molar-refractivity contribution in [2.45, 2.75) is 6.92 Å². The van der Waals surface area contributed by atoms with Crippen LogP contribution in [0.2, 0.25) is 10.0 Å². The van der Waals surface area contributed by atoms with Crippen molar-refractivity contribution in [2.75, 3.05) is 10.7 Å². The standard InChI is InChI=1S/C14H13Cl2N3O/c1-8-2-4-10(13(6-8)19-17)14(20)18-9-3-5-11(15)12(16)7-9/h2-7,19H,17H2,1H3,(H,18,20). The third-order valence-corrected chi connectivity index (χ3v) is 3.49. The fourth-order valence-electron chi connectivity index (χ4n) is 1.75. The topological polar surface area (TPSA) is 67.2 Å². The molecule has 0 atom stereocenters. The fraction of sp³-hybridized carbons (Fsp3) is 0.0714. The minimum atomic E-state index is -0.281. The molecule has 4 N–H and O–H groups in total.